The number of para-hydroxylation sites is 1. The van der Waals surface area contributed by atoms with Gasteiger partial charge in [0.1, 0.15) is 6.10 Å². The van der Waals surface area contributed by atoms with E-state index in [9.17, 15) is 10.2 Å². The highest BCUT2D eigenvalue weighted by Gasteiger charge is 2.23. The summed E-state index contributed by atoms with van der Waals surface area (Å²) in [6.45, 7) is 1.76. The van der Waals surface area contributed by atoms with Crippen molar-refractivity contribution in [3.63, 3.8) is 0 Å². The molecule has 0 spiro atoms. The topological polar surface area (TPSA) is 45.4 Å². The van der Waals surface area contributed by atoms with E-state index in [-0.39, 0.29) is 12.6 Å². The number of aliphatic hydroxyl groups is 2. The highest BCUT2D eigenvalue weighted by Crippen LogP contribution is 2.28. The van der Waals surface area contributed by atoms with Gasteiger partial charge < -0.3 is 14.8 Å². The van der Waals surface area contributed by atoms with Crippen molar-refractivity contribution in [2.45, 2.75) is 19.1 Å². The molecule has 0 aliphatic carbocycles. The Balaban J connectivity index is 2.13. The normalized spacial score (nSPS) is 14.2. The molecular formula is C18H19NO2. The maximum Gasteiger partial charge on any atom is 0.102 e. The van der Waals surface area contributed by atoms with Crippen LogP contribution in [0, 0.1) is 6.92 Å². The second-order valence-corrected chi connectivity index (χ2v) is 5.39. The Labute approximate surface area is 124 Å². The largest absolute Gasteiger partial charge is 0.394 e. The zero-order valence-electron chi connectivity index (χ0n) is 12.0. The van der Waals surface area contributed by atoms with Gasteiger partial charge in [-0.2, -0.15) is 0 Å². The number of aliphatic hydroxyl groups excluding tert-OH is 2. The summed E-state index contributed by atoms with van der Waals surface area (Å²) in [5.41, 5.74) is 3.22. The second-order valence-electron chi connectivity index (χ2n) is 5.39. The Kier molecular flexibility index (Phi) is 3.78. The Morgan fingerprint density at radius 1 is 1.00 bits per heavy atom. The van der Waals surface area contributed by atoms with Crippen LogP contribution >= 0.6 is 0 Å². The molecule has 0 bridgehead atoms. The molecule has 0 radical (unpaired) electrons. The molecule has 0 aliphatic heterocycles. The number of aryl methyl sites for hydroxylation is 1. The zero-order chi connectivity index (χ0) is 14.8. The minimum absolute atomic E-state index is 0.273. The second kappa shape index (κ2) is 5.72. The van der Waals surface area contributed by atoms with Crippen LogP contribution in [0.4, 0.5) is 0 Å². The lowest BCUT2D eigenvalue weighted by Gasteiger charge is -2.25. The molecule has 0 amide bonds. The van der Waals surface area contributed by atoms with Gasteiger partial charge in [0.25, 0.3) is 0 Å². The van der Waals surface area contributed by atoms with Crippen LogP contribution in [0.15, 0.2) is 60.8 Å². The van der Waals surface area contributed by atoms with Gasteiger partial charge in [-0.15, -0.1) is 0 Å². The van der Waals surface area contributed by atoms with Crippen LogP contribution in [0.1, 0.15) is 17.2 Å². The van der Waals surface area contributed by atoms with Crippen LogP contribution in [-0.2, 0) is 0 Å². The zero-order valence-corrected chi connectivity index (χ0v) is 12.0. The van der Waals surface area contributed by atoms with Gasteiger partial charge in [0.05, 0.1) is 12.6 Å². The molecule has 3 rings (SSSR count). The molecule has 2 atom stereocenters. The van der Waals surface area contributed by atoms with Gasteiger partial charge in [0.2, 0.25) is 0 Å². The Bertz CT molecular complexity index is 730. The van der Waals surface area contributed by atoms with E-state index in [1.807, 2.05) is 72.3 Å². The van der Waals surface area contributed by atoms with Gasteiger partial charge in [-0.3, -0.25) is 0 Å². The maximum atomic E-state index is 10.3. The van der Waals surface area contributed by atoms with Crippen LogP contribution in [0.3, 0.4) is 0 Å². The fourth-order valence-electron chi connectivity index (χ4n) is 2.78. The molecule has 0 aliphatic rings. The number of hydrogen-bond acceptors (Lipinski definition) is 2. The summed E-state index contributed by atoms with van der Waals surface area (Å²) in [5, 5.41) is 20.9. The molecule has 0 fully saturated rings. The molecule has 2 N–H and O–H groups in total. The van der Waals surface area contributed by atoms with Crippen molar-refractivity contribution in [3.8, 4) is 0 Å². The van der Waals surface area contributed by atoms with Crippen molar-refractivity contribution >= 4 is 10.9 Å². The highest BCUT2D eigenvalue weighted by atomic mass is 16.3. The minimum Gasteiger partial charge on any atom is -0.394 e. The number of fused-ring (bicyclic) bond motifs is 1. The number of benzene rings is 2. The van der Waals surface area contributed by atoms with Gasteiger partial charge in [0.15, 0.2) is 0 Å². The standard InChI is InChI=1S/C18H19NO2/c1-13-6-8-15(9-7-13)18(17(21)12-20)19-11-10-14-4-2-3-5-16(14)19/h2-11,17-18,20-21H,12H2,1H3/t17-,18+/m1/s1. The average Bonchev–Trinajstić information content (AvgIpc) is 2.93. The molecule has 3 aromatic rings. The number of rotatable bonds is 4. The molecule has 21 heavy (non-hydrogen) atoms. The van der Waals surface area contributed by atoms with Crippen molar-refractivity contribution in [3.05, 3.63) is 71.9 Å². The first-order chi connectivity index (χ1) is 10.2. The third-order valence-corrected chi connectivity index (χ3v) is 3.90. The van der Waals surface area contributed by atoms with Gasteiger partial charge >= 0.3 is 0 Å². The van der Waals surface area contributed by atoms with Crippen LogP contribution in [0.5, 0.6) is 0 Å². The van der Waals surface area contributed by atoms with E-state index in [2.05, 4.69) is 0 Å². The summed E-state index contributed by atoms with van der Waals surface area (Å²) >= 11 is 0. The first kappa shape index (κ1) is 13.9. The first-order valence-corrected chi connectivity index (χ1v) is 7.12. The predicted octanol–water partition coefficient (Wildman–Crippen LogP) is 2.89. The molecular weight excluding hydrogens is 262 g/mol. The smallest absolute Gasteiger partial charge is 0.102 e. The van der Waals surface area contributed by atoms with Crippen molar-refractivity contribution < 1.29 is 10.2 Å². The summed E-state index contributed by atoms with van der Waals surface area (Å²) < 4.78 is 2.03. The van der Waals surface area contributed by atoms with Crippen LogP contribution in [-0.4, -0.2) is 27.5 Å². The molecule has 1 aromatic heterocycles. The maximum absolute atomic E-state index is 10.3. The molecule has 108 valence electrons. The lowest BCUT2D eigenvalue weighted by molar-refractivity contribution is 0.0654. The van der Waals surface area contributed by atoms with E-state index >= 15 is 0 Å². The van der Waals surface area contributed by atoms with E-state index < -0.39 is 6.10 Å². The van der Waals surface area contributed by atoms with Crippen LogP contribution < -0.4 is 0 Å². The summed E-state index contributed by atoms with van der Waals surface area (Å²) in [6.07, 6.45) is 1.12. The first-order valence-electron chi connectivity index (χ1n) is 7.12. The highest BCUT2D eigenvalue weighted by molar-refractivity contribution is 5.80. The quantitative estimate of drug-likeness (QED) is 0.772. The van der Waals surface area contributed by atoms with E-state index in [1.54, 1.807) is 0 Å². The Hall–Kier alpha value is -2.10. The van der Waals surface area contributed by atoms with Crippen molar-refractivity contribution in [1.29, 1.82) is 0 Å². The molecule has 0 saturated heterocycles. The van der Waals surface area contributed by atoms with Gasteiger partial charge in [-0.1, -0.05) is 48.0 Å². The summed E-state index contributed by atoms with van der Waals surface area (Å²) in [7, 11) is 0. The number of hydrogen-bond donors (Lipinski definition) is 2. The summed E-state index contributed by atoms with van der Waals surface area (Å²) in [4.78, 5) is 0. The van der Waals surface area contributed by atoms with Gasteiger partial charge in [-0.05, 0) is 30.0 Å². The Morgan fingerprint density at radius 3 is 2.43 bits per heavy atom. The third-order valence-electron chi connectivity index (χ3n) is 3.90. The minimum atomic E-state index is -0.844. The molecule has 3 heteroatoms. The van der Waals surface area contributed by atoms with Crippen LogP contribution in [0.2, 0.25) is 0 Å². The lowest BCUT2D eigenvalue weighted by atomic mass is 10.00. The molecule has 3 nitrogen and oxygen atoms in total. The van der Waals surface area contributed by atoms with E-state index in [1.165, 1.54) is 5.56 Å². The molecule has 1 heterocycles. The number of aromatic nitrogens is 1. The predicted molar refractivity (Wildman–Crippen MR) is 84.3 cm³/mol. The summed E-state index contributed by atoms with van der Waals surface area (Å²) in [5.74, 6) is 0. The monoisotopic (exact) mass is 281 g/mol. The third kappa shape index (κ3) is 2.58. The van der Waals surface area contributed by atoms with E-state index in [0.717, 1.165) is 16.5 Å². The molecule has 0 unspecified atom stereocenters. The fraction of sp³-hybridized carbons (Fsp3) is 0.222. The van der Waals surface area contributed by atoms with Crippen molar-refractivity contribution in [2.75, 3.05) is 6.61 Å². The summed E-state index contributed by atoms with van der Waals surface area (Å²) in [6, 6.07) is 17.9. The average molecular weight is 281 g/mol. The molecule has 0 saturated carbocycles. The molecule has 2 aromatic carbocycles. The van der Waals surface area contributed by atoms with Crippen molar-refractivity contribution in [1.82, 2.24) is 4.57 Å². The van der Waals surface area contributed by atoms with Crippen molar-refractivity contribution in [2.24, 2.45) is 0 Å². The SMILES string of the molecule is Cc1ccc([C@@H]([C@H](O)CO)n2ccc3ccccc32)cc1. The van der Waals surface area contributed by atoms with Gasteiger partial charge in [0, 0.05) is 11.7 Å². The lowest BCUT2D eigenvalue weighted by Crippen LogP contribution is -2.28. The van der Waals surface area contributed by atoms with E-state index in [0.29, 0.717) is 0 Å². The van der Waals surface area contributed by atoms with E-state index in [4.69, 9.17) is 0 Å². The van der Waals surface area contributed by atoms with Gasteiger partial charge in [-0.25, -0.2) is 0 Å². The van der Waals surface area contributed by atoms with Crippen LogP contribution in [0.25, 0.3) is 10.9 Å². The Morgan fingerprint density at radius 2 is 1.71 bits per heavy atom. The fourth-order valence-corrected chi connectivity index (χ4v) is 2.78. The number of nitrogens with zero attached hydrogens (tertiary/aromatic N) is 1.